The van der Waals surface area contributed by atoms with Gasteiger partial charge in [-0.1, -0.05) is 0 Å². The Hall–Kier alpha value is 0.0513. The quantitative estimate of drug-likeness (QED) is 0.674. The number of furan rings is 1. The number of hydrogen-bond donors (Lipinski definition) is 0. The van der Waals surface area contributed by atoms with Gasteiger partial charge in [0.2, 0.25) is 0 Å². The number of fused-ring (bicyclic) bond motifs is 1. The molecule has 0 atom stereocenters. The predicted molar refractivity (Wildman–Crippen MR) is 51.5 cm³/mol. The minimum Gasteiger partial charge on any atom is -0.497 e. The molecule has 2 aromatic rings. The summed E-state index contributed by atoms with van der Waals surface area (Å²) in [5.74, 6) is 0.504. The Balaban J connectivity index is 0.00000128. The van der Waals surface area contributed by atoms with Crippen LogP contribution >= 0.6 is 0 Å². The molecule has 0 aliphatic heterocycles. The maximum Gasteiger partial charge on any atom is 1.00 e. The molecule has 0 aliphatic carbocycles. The van der Waals surface area contributed by atoms with Crippen molar-refractivity contribution < 1.29 is 73.5 Å². The fourth-order valence-electron chi connectivity index (χ4n) is 1.33. The van der Waals surface area contributed by atoms with Gasteiger partial charge < -0.3 is 22.1 Å². The molecule has 0 fully saturated rings. The molecule has 0 bridgehead atoms. The van der Waals surface area contributed by atoms with Crippen LogP contribution in [0.5, 0.6) is 5.75 Å². The van der Waals surface area contributed by atoms with Crippen molar-refractivity contribution in [1.82, 2.24) is 0 Å². The second kappa shape index (κ2) is 5.14. The zero-order chi connectivity index (χ0) is 11.1. The Kier molecular flexibility index (Phi) is 4.53. The van der Waals surface area contributed by atoms with Crippen molar-refractivity contribution in [1.29, 1.82) is 0 Å². The van der Waals surface area contributed by atoms with Gasteiger partial charge in [0.25, 0.3) is 0 Å². The molecule has 0 amide bonds. The van der Waals surface area contributed by atoms with Gasteiger partial charge in [-0.05, 0) is 24.3 Å². The van der Waals surface area contributed by atoms with Crippen LogP contribution in [0.1, 0.15) is 0 Å². The molecule has 0 radical (unpaired) electrons. The van der Waals surface area contributed by atoms with Crippen LogP contribution in [0.15, 0.2) is 28.7 Å². The number of rotatable bonds is 2. The van der Waals surface area contributed by atoms with Crippen LogP contribution in [0.3, 0.4) is 0 Å². The number of methoxy groups -OCH3 is 1. The van der Waals surface area contributed by atoms with E-state index in [1.165, 1.54) is 19.2 Å². The van der Waals surface area contributed by atoms with Crippen molar-refractivity contribution in [2.45, 2.75) is 0 Å². The summed E-state index contributed by atoms with van der Waals surface area (Å²) in [7, 11) is 1.45. The van der Waals surface area contributed by atoms with Gasteiger partial charge in [0.1, 0.15) is 11.3 Å². The van der Waals surface area contributed by atoms with Crippen LogP contribution in [0.4, 0.5) is 12.9 Å². The van der Waals surface area contributed by atoms with Crippen molar-refractivity contribution in [2.75, 3.05) is 7.11 Å². The van der Waals surface area contributed by atoms with Gasteiger partial charge in [-0.25, -0.2) is 0 Å². The Labute approximate surface area is 133 Å². The minimum absolute atomic E-state index is 0. The number of benzene rings is 1. The van der Waals surface area contributed by atoms with E-state index in [2.05, 4.69) is 4.42 Å². The van der Waals surface area contributed by atoms with Crippen molar-refractivity contribution in [3.8, 4) is 5.75 Å². The van der Waals surface area contributed by atoms with E-state index < -0.39 is 12.6 Å². The summed E-state index contributed by atoms with van der Waals surface area (Å²) in [5.41, 5.74) is -0.719. The number of hydrogen-bond acceptors (Lipinski definition) is 2. The Morgan fingerprint density at radius 3 is 2.44 bits per heavy atom. The molecular formula is C9H7BF3KO2. The largest absolute Gasteiger partial charge is 1.00 e. The van der Waals surface area contributed by atoms with Gasteiger partial charge in [-0.3, -0.25) is 0 Å². The topological polar surface area (TPSA) is 22.4 Å². The van der Waals surface area contributed by atoms with Crippen LogP contribution in [0.2, 0.25) is 0 Å². The number of ether oxygens (including phenoxy) is 1. The van der Waals surface area contributed by atoms with E-state index in [9.17, 15) is 12.9 Å². The van der Waals surface area contributed by atoms with Crippen molar-refractivity contribution in [2.24, 2.45) is 0 Å². The predicted octanol–water partition coefficient (Wildman–Crippen LogP) is -0.500. The number of halogens is 3. The third kappa shape index (κ3) is 2.84. The Morgan fingerprint density at radius 2 is 1.88 bits per heavy atom. The molecule has 2 rings (SSSR count). The SMILES string of the molecule is COc1ccc2oc([B-](F)(F)F)cc2c1.[K+]. The first-order valence-corrected chi connectivity index (χ1v) is 4.28. The second-order valence-corrected chi connectivity index (χ2v) is 3.13. The van der Waals surface area contributed by atoms with E-state index in [0.717, 1.165) is 6.07 Å². The second-order valence-electron chi connectivity index (χ2n) is 3.13. The molecule has 0 saturated heterocycles. The van der Waals surface area contributed by atoms with Crippen molar-refractivity contribution in [3.63, 3.8) is 0 Å². The summed E-state index contributed by atoms with van der Waals surface area (Å²) >= 11 is 0. The third-order valence-electron chi connectivity index (χ3n) is 2.07. The summed E-state index contributed by atoms with van der Waals surface area (Å²) in [6.07, 6.45) is 0. The van der Waals surface area contributed by atoms with E-state index in [1.54, 1.807) is 6.07 Å². The van der Waals surface area contributed by atoms with Crippen molar-refractivity contribution >= 4 is 23.6 Å². The van der Waals surface area contributed by atoms with Crippen LogP contribution in [-0.2, 0) is 0 Å². The monoisotopic (exact) mass is 254 g/mol. The molecule has 0 saturated carbocycles. The molecule has 80 valence electrons. The van der Waals surface area contributed by atoms with Gasteiger partial charge in [0, 0.05) is 11.0 Å². The van der Waals surface area contributed by atoms with E-state index in [0.29, 0.717) is 11.1 Å². The van der Waals surface area contributed by atoms with Gasteiger partial charge in [-0.15, -0.1) is 0 Å². The first-order valence-electron chi connectivity index (χ1n) is 4.28. The van der Waals surface area contributed by atoms with Crippen LogP contribution in [0.25, 0.3) is 11.0 Å². The summed E-state index contributed by atoms with van der Waals surface area (Å²) in [6.45, 7) is -5.08. The standard InChI is InChI=1S/C9H7BF3O2.K/c1-14-7-2-3-8-6(4-7)5-9(15-8)10(11,12)13;/h2-5H,1H3;/q-1;+1. The Morgan fingerprint density at radius 1 is 1.19 bits per heavy atom. The van der Waals surface area contributed by atoms with Gasteiger partial charge in [0.05, 0.1) is 7.11 Å². The smallest absolute Gasteiger partial charge is 0.497 e. The molecule has 0 spiro atoms. The van der Waals surface area contributed by atoms with Gasteiger partial charge >= 0.3 is 58.4 Å². The molecule has 0 N–H and O–H groups in total. The Bertz CT molecular complexity index is 495. The molecule has 7 heteroatoms. The zero-order valence-corrected chi connectivity index (χ0v) is 12.0. The molecule has 1 aromatic carbocycles. The zero-order valence-electron chi connectivity index (χ0n) is 8.84. The maximum atomic E-state index is 12.3. The molecule has 1 heterocycles. The van der Waals surface area contributed by atoms with E-state index >= 15 is 0 Å². The average Bonchev–Trinajstić information content (AvgIpc) is 2.59. The molecule has 16 heavy (non-hydrogen) atoms. The first kappa shape index (κ1) is 14.1. The molecule has 0 aliphatic rings. The molecule has 1 aromatic heterocycles. The maximum absolute atomic E-state index is 12.3. The first-order chi connectivity index (χ1) is 7.00. The summed E-state index contributed by atoms with van der Waals surface area (Å²) in [6, 6.07) is 5.50. The summed E-state index contributed by atoms with van der Waals surface area (Å²) < 4.78 is 46.6. The summed E-state index contributed by atoms with van der Waals surface area (Å²) in [5, 5.41) is 0.392. The normalized spacial score (nSPS) is 11.2. The fraction of sp³-hybridized carbons (Fsp3) is 0.111. The fourth-order valence-corrected chi connectivity index (χ4v) is 1.33. The summed E-state index contributed by atoms with van der Waals surface area (Å²) in [4.78, 5) is 0. The van der Waals surface area contributed by atoms with Crippen LogP contribution in [0, 0.1) is 0 Å². The molecular weight excluding hydrogens is 247 g/mol. The molecule has 2 nitrogen and oxygen atoms in total. The van der Waals surface area contributed by atoms with Crippen molar-refractivity contribution in [3.05, 3.63) is 24.3 Å². The average molecular weight is 254 g/mol. The van der Waals surface area contributed by atoms with Gasteiger partial charge in [-0.2, -0.15) is 0 Å². The van der Waals surface area contributed by atoms with E-state index in [4.69, 9.17) is 4.74 Å². The van der Waals surface area contributed by atoms with Crippen LogP contribution in [-0.4, -0.2) is 14.1 Å². The molecule has 0 unspecified atom stereocenters. The van der Waals surface area contributed by atoms with Gasteiger partial charge in [0.15, 0.2) is 0 Å². The van der Waals surface area contributed by atoms with E-state index in [-0.39, 0.29) is 57.0 Å². The van der Waals surface area contributed by atoms with E-state index in [1.807, 2.05) is 0 Å². The minimum atomic E-state index is -5.08. The third-order valence-corrected chi connectivity index (χ3v) is 2.07. The van der Waals surface area contributed by atoms with Crippen LogP contribution < -0.4 is 61.8 Å².